The number of carbonyl (C=O) groups is 1. The van der Waals surface area contributed by atoms with Gasteiger partial charge in [0.25, 0.3) is 5.91 Å². The van der Waals surface area contributed by atoms with Gasteiger partial charge in [-0.1, -0.05) is 6.07 Å². The zero-order chi connectivity index (χ0) is 10.7. The molecule has 15 heavy (non-hydrogen) atoms. The van der Waals surface area contributed by atoms with E-state index in [0.717, 1.165) is 18.4 Å². The molecular formula is C11H12N2O2. The summed E-state index contributed by atoms with van der Waals surface area (Å²) in [6.07, 6.45) is 4.98. The van der Waals surface area contributed by atoms with E-state index in [2.05, 4.69) is 4.98 Å². The summed E-state index contributed by atoms with van der Waals surface area (Å²) in [6.45, 7) is 0.659. The molecule has 1 aliphatic rings. The van der Waals surface area contributed by atoms with Crippen molar-refractivity contribution in [1.29, 1.82) is 0 Å². The molecule has 1 fully saturated rings. The second-order valence-electron chi connectivity index (χ2n) is 3.36. The molecule has 1 aromatic heterocycles. The van der Waals surface area contributed by atoms with Gasteiger partial charge in [0, 0.05) is 24.4 Å². The van der Waals surface area contributed by atoms with Crippen LogP contribution in [0.1, 0.15) is 18.4 Å². The Hall–Kier alpha value is -1.84. The maximum absolute atomic E-state index is 11.3. The summed E-state index contributed by atoms with van der Waals surface area (Å²) in [6, 6.07) is 3.58. The molecule has 4 heteroatoms. The molecule has 2 rings (SSSR count). The predicted molar refractivity (Wildman–Crippen MR) is 55.5 cm³/mol. The Bertz CT molecular complexity index is 390. The molecular weight excluding hydrogens is 192 g/mol. The van der Waals surface area contributed by atoms with Crippen molar-refractivity contribution in [3.8, 4) is 0 Å². The fourth-order valence-electron chi connectivity index (χ4n) is 1.65. The molecule has 1 aliphatic heterocycles. The molecule has 0 aromatic carbocycles. The molecule has 0 radical (unpaired) electrons. The van der Waals surface area contributed by atoms with Crippen molar-refractivity contribution in [1.82, 2.24) is 4.98 Å². The topological polar surface area (TPSA) is 65.2 Å². The molecule has 0 aliphatic carbocycles. The Morgan fingerprint density at radius 2 is 2.40 bits per heavy atom. The maximum atomic E-state index is 11.3. The molecule has 1 amide bonds. The lowest BCUT2D eigenvalue weighted by Crippen LogP contribution is -2.15. The maximum Gasteiger partial charge on any atom is 0.252 e. The van der Waals surface area contributed by atoms with Crippen LogP contribution in [0.2, 0.25) is 0 Å². The van der Waals surface area contributed by atoms with Crippen molar-refractivity contribution in [2.45, 2.75) is 12.8 Å². The van der Waals surface area contributed by atoms with Crippen LogP contribution in [0.15, 0.2) is 30.3 Å². The quantitative estimate of drug-likeness (QED) is 0.733. The number of ether oxygens (including phenoxy) is 1. The van der Waals surface area contributed by atoms with Crippen molar-refractivity contribution < 1.29 is 9.53 Å². The van der Waals surface area contributed by atoms with Crippen LogP contribution < -0.4 is 5.73 Å². The van der Waals surface area contributed by atoms with Crippen molar-refractivity contribution in [2.75, 3.05) is 6.61 Å². The zero-order valence-corrected chi connectivity index (χ0v) is 8.27. The van der Waals surface area contributed by atoms with E-state index in [4.69, 9.17) is 10.5 Å². The minimum atomic E-state index is -0.458. The van der Waals surface area contributed by atoms with E-state index >= 15 is 0 Å². The summed E-state index contributed by atoms with van der Waals surface area (Å²) in [7, 11) is 0. The van der Waals surface area contributed by atoms with E-state index in [1.165, 1.54) is 0 Å². The Kier molecular flexibility index (Phi) is 2.67. The average molecular weight is 204 g/mol. The smallest absolute Gasteiger partial charge is 0.252 e. The molecule has 0 bridgehead atoms. The van der Waals surface area contributed by atoms with Gasteiger partial charge in [0.15, 0.2) is 0 Å². The van der Waals surface area contributed by atoms with Crippen molar-refractivity contribution >= 4 is 11.5 Å². The van der Waals surface area contributed by atoms with E-state index < -0.39 is 5.91 Å². The van der Waals surface area contributed by atoms with Crippen LogP contribution in [0.25, 0.3) is 5.57 Å². The summed E-state index contributed by atoms with van der Waals surface area (Å²) in [5.41, 5.74) is 6.53. The number of carbonyl (C=O) groups excluding carboxylic acids is 1. The Balaban J connectivity index is 2.45. The molecule has 1 saturated heterocycles. The number of hydrogen-bond acceptors (Lipinski definition) is 3. The van der Waals surface area contributed by atoms with Crippen LogP contribution in [-0.4, -0.2) is 17.5 Å². The van der Waals surface area contributed by atoms with E-state index in [-0.39, 0.29) is 0 Å². The number of primary amides is 1. The molecule has 0 unspecified atom stereocenters. The highest BCUT2D eigenvalue weighted by atomic mass is 16.5. The standard InChI is InChI=1S/C11H12N2O2/c12-11(14)10(9-4-2-6-15-9)8-3-1-5-13-7-8/h1,3,5,7H,2,4,6H2,(H2,12,14). The number of pyridine rings is 1. The monoisotopic (exact) mass is 204 g/mol. The lowest BCUT2D eigenvalue weighted by Gasteiger charge is -2.07. The molecule has 0 saturated carbocycles. The van der Waals surface area contributed by atoms with Crippen LogP contribution in [0.4, 0.5) is 0 Å². The van der Waals surface area contributed by atoms with Crippen LogP contribution in [0.5, 0.6) is 0 Å². The van der Waals surface area contributed by atoms with E-state index in [0.29, 0.717) is 17.9 Å². The fraction of sp³-hybridized carbons (Fsp3) is 0.273. The van der Waals surface area contributed by atoms with Gasteiger partial charge >= 0.3 is 0 Å². The molecule has 2 N–H and O–H groups in total. The summed E-state index contributed by atoms with van der Waals surface area (Å²) >= 11 is 0. The highest BCUT2D eigenvalue weighted by Crippen LogP contribution is 2.26. The lowest BCUT2D eigenvalue weighted by molar-refractivity contribution is -0.112. The first-order valence-corrected chi connectivity index (χ1v) is 4.85. The summed E-state index contributed by atoms with van der Waals surface area (Å²) in [4.78, 5) is 15.3. The number of rotatable bonds is 2. The first kappa shape index (κ1) is 9.71. The van der Waals surface area contributed by atoms with Crippen LogP contribution >= 0.6 is 0 Å². The van der Waals surface area contributed by atoms with Crippen LogP contribution in [0, 0.1) is 0 Å². The number of hydrogen-bond donors (Lipinski definition) is 1. The lowest BCUT2D eigenvalue weighted by atomic mass is 10.1. The van der Waals surface area contributed by atoms with Gasteiger partial charge < -0.3 is 10.5 Å². The second kappa shape index (κ2) is 4.13. The third-order valence-corrected chi connectivity index (χ3v) is 2.30. The first-order chi connectivity index (χ1) is 7.29. The van der Waals surface area contributed by atoms with Gasteiger partial charge in [-0.3, -0.25) is 9.78 Å². The van der Waals surface area contributed by atoms with Gasteiger partial charge in [-0.15, -0.1) is 0 Å². The first-order valence-electron chi connectivity index (χ1n) is 4.85. The Morgan fingerprint density at radius 3 is 2.93 bits per heavy atom. The highest BCUT2D eigenvalue weighted by molar-refractivity contribution is 6.19. The Labute approximate surface area is 87.8 Å². The van der Waals surface area contributed by atoms with Gasteiger partial charge in [0.05, 0.1) is 12.2 Å². The third kappa shape index (κ3) is 1.98. The molecule has 2 heterocycles. The van der Waals surface area contributed by atoms with Crippen molar-refractivity contribution in [3.63, 3.8) is 0 Å². The van der Waals surface area contributed by atoms with Gasteiger partial charge in [0.2, 0.25) is 0 Å². The van der Waals surface area contributed by atoms with Gasteiger partial charge in [-0.2, -0.15) is 0 Å². The number of amides is 1. The minimum Gasteiger partial charge on any atom is -0.497 e. The molecule has 4 nitrogen and oxygen atoms in total. The zero-order valence-electron chi connectivity index (χ0n) is 8.27. The number of nitrogens with two attached hydrogens (primary N) is 1. The summed E-state index contributed by atoms with van der Waals surface area (Å²) in [5.74, 6) is 0.232. The second-order valence-corrected chi connectivity index (χ2v) is 3.36. The van der Waals surface area contributed by atoms with Gasteiger partial charge in [-0.25, -0.2) is 0 Å². The van der Waals surface area contributed by atoms with Gasteiger partial charge in [-0.05, 0) is 12.5 Å². The molecule has 78 valence electrons. The van der Waals surface area contributed by atoms with Crippen molar-refractivity contribution in [3.05, 3.63) is 35.8 Å². The number of allylic oxidation sites excluding steroid dienone is 1. The normalized spacial score (nSPS) is 18.4. The summed E-state index contributed by atoms with van der Waals surface area (Å²) < 4.78 is 5.38. The van der Waals surface area contributed by atoms with Gasteiger partial charge in [0.1, 0.15) is 5.76 Å². The van der Waals surface area contributed by atoms with E-state index in [9.17, 15) is 4.79 Å². The van der Waals surface area contributed by atoms with E-state index in [1.54, 1.807) is 18.5 Å². The van der Waals surface area contributed by atoms with Crippen LogP contribution in [-0.2, 0) is 9.53 Å². The van der Waals surface area contributed by atoms with E-state index in [1.807, 2.05) is 6.07 Å². The predicted octanol–water partition coefficient (Wildman–Crippen LogP) is 1.09. The average Bonchev–Trinajstić information content (AvgIpc) is 2.72. The number of aromatic nitrogens is 1. The number of nitrogens with zero attached hydrogens (tertiary/aromatic N) is 1. The SMILES string of the molecule is NC(=O)C(=C1CCCO1)c1cccnc1. The molecule has 0 atom stereocenters. The van der Waals surface area contributed by atoms with Crippen molar-refractivity contribution in [2.24, 2.45) is 5.73 Å². The molecule has 1 aromatic rings. The summed E-state index contributed by atoms with van der Waals surface area (Å²) in [5, 5.41) is 0. The minimum absolute atomic E-state index is 0.458. The fourth-order valence-corrected chi connectivity index (χ4v) is 1.65. The third-order valence-electron chi connectivity index (χ3n) is 2.30. The largest absolute Gasteiger partial charge is 0.497 e. The van der Waals surface area contributed by atoms with Crippen LogP contribution in [0.3, 0.4) is 0 Å². The molecule has 0 spiro atoms. The Morgan fingerprint density at radius 1 is 1.53 bits per heavy atom. The highest BCUT2D eigenvalue weighted by Gasteiger charge is 2.19.